The molecule has 1 aliphatic rings. The summed E-state index contributed by atoms with van der Waals surface area (Å²) in [5.74, 6) is -0.344. The van der Waals surface area contributed by atoms with Crippen LogP contribution in [0, 0.1) is 10.1 Å². The lowest BCUT2D eigenvalue weighted by Crippen LogP contribution is -2.36. The number of nitrogens with two attached hydrogens (primary N) is 1. The predicted molar refractivity (Wildman–Crippen MR) is 100 cm³/mol. The predicted octanol–water partition coefficient (Wildman–Crippen LogP) is 0.286. The van der Waals surface area contributed by atoms with Gasteiger partial charge in [0, 0.05) is 6.20 Å². The maximum absolute atomic E-state index is 11.9. The van der Waals surface area contributed by atoms with E-state index in [0.29, 0.717) is 0 Å². The molecule has 0 bridgehead atoms. The smallest absolute Gasteiger partial charge is 0.403 e. The molecule has 3 rings (SSSR count). The van der Waals surface area contributed by atoms with E-state index >= 15 is 0 Å². The van der Waals surface area contributed by atoms with Gasteiger partial charge in [0.25, 0.3) is 0 Å². The monoisotopic (exact) mass is 448 g/mol. The van der Waals surface area contributed by atoms with Gasteiger partial charge in [-0.15, -0.1) is 11.8 Å². The van der Waals surface area contributed by atoms with Gasteiger partial charge in [0.15, 0.2) is 0 Å². The van der Waals surface area contributed by atoms with Crippen LogP contribution in [0.5, 0.6) is 0 Å². The van der Waals surface area contributed by atoms with Gasteiger partial charge < -0.3 is 29.4 Å². The summed E-state index contributed by atoms with van der Waals surface area (Å²) in [7, 11) is -3.00. The summed E-state index contributed by atoms with van der Waals surface area (Å²) in [6, 6.07) is 3.83. The average Bonchev–Trinajstić information content (AvgIpc) is 3.25. The Hall–Kier alpha value is -2.22. The fourth-order valence-electron chi connectivity index (χ4n) is 2.58. The number of hydrogen-bond donors (Lipinski definition) is 3. The highest BCUT2D eigenvalue weighted by Gasteiger charge is 2.44. The first-order valence-electron chi connectivity index (χ1n) is 8.15. The summed E-state index contributed by atoms with van der Waals surface area (Å²) < 4.78 is 27.9. The Morgan fingerprint density at radius 2 is 2.10 bits per heavy atom. The van der Waals surface area contributed by atoms with Crippen molar-refractivity contribution < 1.29 is 33.2 Å². The quantitative estimate of drug-likeness (QED) is 0.284. The Kier molecular flexibility index (Phi) is 6.72. The molecule has 29 heavy (non-hydrogen) atoms. The van der Waals surface area contributed by atoms with Gasteiger partial charge in [-0.05, 0) is 12.1 Å². The van der Waals surface area contributed by atoms with Crippen LogP contribution in [0.2, 0.25) is 0 Å². The Morgan fingerprint density at radius 1 is 1.34 bits per heavy atom. The molecule has 1 fully saturated rings. The minimum Gasteiger partial charge on any atom is -0.403 e. The van der Waals surface area contributed by atoms with E-state index in [4.69, 9.17) is 19.2 Å². The average molecular weight is 448 g/mol. The van der Waals surface area contributed by atoms with Crippen LogP contribution < -0.4 is 11.4 Å². The SMILES string of the molecule is Nc1ccn([C@@H]2S[C@H](CO[PH](=O)OCc3ccc([N+](=O)[O-])o3)[C@@H](O)[C@@H]2O)c(=O)n1. The van der Waals surface area contributed by atoms with E-state index in [1.54, 1.807) is 0 Å². The number of aromatic nitrogens is 2. The highest BCUT2D eigenvalue weighted by molar-refractivity contribution is 8.00. The lowest BCUT2D eigenvalue weighted by molar-refractivity contribution is -0.402. The van der Waals surface area contributed by atoms with E-state index in [1.165, 1.54) is 18.3 Å². The number of nitrogen functional groups attached to an aromatic ring is 1. The van der Waals surface area contributed by atoms with Gasteiger partial charge in [-0.2, -0.15) is 4.98 Å². The number of furan rings is 1. The molecule has 2 aromatic rings. The van der Waals surface area contributed by atoms with Crippen LogP contribution in [-0.4, -0.2) is 48.8 Å². The summed E-state index contributed by atoms with van der Waals surface area (Å²) in [6.07, 6.45) is -1.18. The Bertz CT molecular complexity index is 967. The fraction of sp³-hybridized carbons (Fsp3) is 0.429. The van der Waals surface area contributed by atoms with Crippen molar-refractivity contribution in [2.75, 3.05) is 12.3 Å². The van der Waals surface area contributed by atoms with Crippen LogP contribution in [0.15, 0.2) is 33.6 Å². The van der Waals surface area contributed by atoms with E-state index in [9.17, 15) is 29.7 Å². The molecule has 2 aromatic heterocycles. The summed E-state index contributed by atoms with van der Waals surface area (Å²) in [5.41, 5.74) is 4.75. The van der Waals surface area contributed by atoms with E-state index in [1.807, 2.05) is 0 Å². The first-order valence-corrected chi connectivity index (χ1v) is 10.3. The van der Waals surface area contributed by atoms with E-state index in [-0.39, 0.29) is 24.8 Å². The van der Waals surface area contributed by atoms with Gasteiger partial charge in [0.2, 0.25) is 0 Å². The Balaban J connectivity index is 1.52. The molecule has 0 aliphatic carbocycles. The van der Waals surface area contributed by atoms with E-state index in [2.05, 4.69) is 4.98 Å². The van der Waals surface area contributed by atoms with Crippen molar-refractivity contribution in [1.29, 1.82) is 0 Å². The molecule has 0 aromatic carbocycles. The van der Waals surface area contributed by atoms with Crippen molar-refractivity contribution in [2.45, 2.75) is 29.4 Å². The normalized spacial score (nSPS) is 25.2. The molecule has 0 amide bonds. The van der Waals surface area contributed by atoms with Gasteiger partial charge in [-0.1, -0.05) is 0 Å². The van der Waals surface area contributed by atoms with Crippen LogP contribution in [0.4, 0.5) is 11.7 Å². The number of thioether (sulfide) groups is 1. The van der Waals surface area contributed by atoms with E-state index < -0.39 is 47.6 Å². The first kappa shape index (κ1) is 21.5. The van der Waals surface area contributed by atoms with Crippen molar-refractivity contribution in [1.82, 2.24) is 9.55 Å². The van der Waals surface area contributed by atoms with Gasteiger partial charge in [-0.25, -0.2) is 4.79 Å². The molecule has 1 saturated heterocycles. The Labute approximate surface area is 167 Å². The zero-order chi connectivity index (χ0) is 21.1. The largest absolute Gasteiger partial charge is 0.433 e. The summed E-state index contributed by atoms with van der Waals surface area (Å²) >= 11 is 1.05. The number of nitrogens with zero attached hydrogens (tertiary/aromatic N) is 3. The van der Waals surface area contributed by atoms with Crippen molar-refractivity contribution in [3.05, 3.63) is 50.8 Å². The number of aliphatic hydroxyl groups is 2. The molecule has 158 valence electrons. The number of nitro groups is 1. The van der Waals surface area contributed by atoms with Crippen molar-refractivity contribution in [3.8, 4) is 0 Å². The number of hydrogen-bond acceptors (Lipinski definition) is 12. The molecule has 0 saturated carbocycles. The number of anilines is 1. The van der Waals surface area contributed by atoms with Crippen molar-refractivity contribution in [3.63, 3.8) is 0 Å². The maximum Gasteiger partial charge on any atom is 0.433 e. The summed E-state index contributed by atoms with van der Waals surface area (Å²) in [4.78, 5) is 25.3. The zero-order valence-electron chi connectivity index (χ0n) is 14.6. The summed E-state index contributed by atoms with van der Waals surface area (Å²) in [6.45, 7) is -0.531. The van der Waals surface area contributed by atoms with Gasteiger partial charge in [-0.3, -0.25) is 19.2 Å². The lowest BCUT2D eigenvalue weighted by atomic mass is 10.1. The van der Waals surface area contributed by atoms with E-state index in [0.717, 1.165) is 22.4 Å². The van der Waals surface area contributed by atoms with Crippen LogP contribution in [0.3, 0.4) is 0 Å². The highest BCUT2D eigenvalue weighted by atomic mass is 32.2. The van der Waals surface area contributed by atoms with Crippen molar-refractivity contribution >= 4 is 31.7 Å². The Morgan fingerprint density at radius 3 is 2.76 bits per heavy atom. The third-order valence-corrected chi connectivity index (χ3v) is 6.32. The fourth-order valence-corrected chi connectivity index (χ4v) is 4.80. The number of rotatable bonds is 8. The summed E-state index contributed by atoms with van der Waals surface area (Å²) in [5, 5.41) is 29.4. The molecular weight excluding hydrogens is 431 g/mol. The number of aliphatic hydroxyl groups excluding tert-OH is 2. The molecule has 5 atom stereocenters. The standard InChI is InChI=1S/C14H17N4O9PS/c15-9-3-4-17(14(21)16-9)13-12(20)11(19)8(29-13)6-26-28(24)25-5-7-1-2-10(27-7)18(22)23/h1-4,8,11-13,19-20,28H,5-6H2,(H2,15,16,21)/t8-,11-,12+,13-/m1/s1. The van der Waals surface area contributed by atoms with Crippen LogP contribution >= 0.6 is 20.0 Å². The van der Waals surface area contributed by atoms with Crippen LogP contribution in [0.25, 0.3) is 0 Å². The molecular formula is C14H17N4O9PS. The van der Waals surface area contributed by atoms with Gasteiger partial charge >= 0.3 is 19.8 Å². The maximum atomic E-state index is 11.9. The molecule has 15 heteroatoms. The molecule has 0 radical (unpaired) electrons. The van der Waals surface area contributed by atoms with Crippen molar-refractivity contribution in [2.24, 2.45) is 0 Å². The lowest BCUT2D eigenvalue weighted by Gasteiger charge is -2.17. The minimum atomic E-state index is -3.00. The second-order valence-corrected chi connectivity index (χ2v) is 8.37. The second-order valence-electron chi connectivity index (χ2n) is 5.94. The van der Waals surface area contributed by atoms with Gasteiger partial charge in [0.05, 0.1) is 24.0 Å². The molecule has 13 nitrogen and oxygen atoms in total. The third kappa shape index (κ3) is 5.04. The highest BCUT2D eigenvalue weighted by Crippen LogP contribution is 2.42. The zero-order valence-corrected chi connectivity index (χ0v) is 16.4. The van der Waals surface area contributed by atoms with Crippen LogP contribution in [-0.2, 0) is 20.2 Å². The topological polar surface area (TPSA) is 193 Å². The van der Waals surface area contributed by atoms with Crippen LogP contribution in [0.1, 0.15) is 11.1 Å². The molecule has 3 heterocycles. The molecule has 1 unspecified atom stereocenters. The second kappa shape index (κ2) is 9.07. The molecule has 4 N–H and O–H groups in total. The third-order valence-electron chi connectivity index (χ3n) is 3.99. The molecule has 1 aliphatic heterocycles. The first-order chi connectivity index (χ1) is 13.8. The minimum absolute atomic E-state index is 0.0294. The molecule has 0 spiro atoms. The van der Waals surface area contributed by atoms with Gasteiger partial charge in [0.1, 0.15) is 34.6 Å².